The van der Waals surface area contributed by atoms with Crippen LogP contribution in [-0.4, -0.2) is 63.1 Å². The van der Waals surface area contributed by atoms with Crippen molar-refractivity contribution in [2.75, 3.05) is 31.6 Å². The van der Waals surface area contributed by atoms with Crippen LogP contribution < -0.4 is 0 Å². The molecular formula is C7H14N2O4S2. The molecule has 0 bridgehead atoms. The third-order valence-corrected chi connectivity index (χ3v) is 6.74. The Morgan fingerprint density at radius 3 is 2.20 bits per heavy atom. The van der Waals surface area contributed by atoms with Gasteiger partial charge in [0, 0.05) is 26.2 Å². The van der Waals surface area contributed by atoms with Crippen LogP contribution in [-0.2, 0) is 20.0 Å². The normalized spacial score (nSPS) is 35.9. The summed E-state index contributed by atoms with van der Waals surface area (Å²) < 4.78 is 48.6. The lowest BCUT2D eigenvalue weighted by molar-refractivity contribution is 0.371. The first-order chi connectivity index (χ1) is 6.83. The standard InChI is InChI=1S/C7H14N2O4S2/c1-8-3-4-9(15(8,12)13)7-2-5-14(10,11)6-7/h7H,2-6H2,1H3. The van der Waals surface area contributed by atoms with Crippen molar-refractivity contribution in [3.8, 4) is 0 Å². The second-order valence-corrected chi connectivity index (χ2v) is 8.21. The number of hydrogen-bond acceptors (Lipinski definition) is 4. The Morgan fingerprint density at radius 1 is 1.13 bits per heavy atom. The maximum absolute atomic E-state index is 11.7. The fourth-order valence-corrected chi connectivity index (χ4v) is 5.39. The molecule has 2 aliphatic heterocycles. The highest BCUT2D eigenvalue weighted by Crippen LogP contribution is 2.24. The van der Waals surface area contributed by atoms with Gasteiger partial charge in [0.1, 0.15) is 0 Å². The minimum atomic E-state index is -3.40. The summed E-state index contributed by atoms with van der Waals surface area (Å²) in [6.07, 6.45) is 0.426. The van der Waals surface area contributed by atoms with E-state index in [4.69, 9.17) is 0 Å². The summed E-state index contributed by atoms with van der Waals surface area (Å²) >= 11 is 0. The second-order valence-electron chi connectivity index (χ2n) is 4.00. The predicted octanol–water partition coefficient (Wildman–Crippen LogP) is -1.33. The number of likely N-dealkylation sites (N-methyl/N-ethyl adjacent to an activating group) is 1. The van der Waals surface area contributed by atoms with E-state index in [1.165, 1.54) is 15.7 Å². The lowest BCUT2D eigenvalue weighted by Crippen LogP contribution is -2.39. The first-order valence-electron chi connectivity index (χ1n) is 4.76. The van der Waals surface area contributed by atoms with Crippen LogP contribution in [0.3, 0.4) is 0 Å². The molecule has 2 rings (SSSR count). The van der Waals surface area contributed by atoms with Crippen LogP contribution in [0, 0.1) is 0 Å². The van der Waals surface area contributed by atoms with Crippen molar-refractivity contribution >= 4 is 20.0 Å². The highest BCUT2D eigenvalue weighted by Gasteiger charge is 2.43. The van der Waals surface area contributed by atoms with Crippen molar-refractivity contribution in [2.45, 2.75) is 12.5 Å². The molecule has 2 heterocycles. The van der Waals surface area contributed by atoms with E-state index in [-0.39, 0.29) is 17.5 Å². The minimum Gasteiger partial charge on any atom is -0.229 e. The molecule has 2 aliphatic rings. The Kier molecular flexibility index (Phi) is 2.57. The van der Waals surface area contributed by atoms with Gasteiger partial charge in [-0.1, -0.05) is 0 Å². The van der Waals surface area contributed by atoms with Crippen molar-refractivity contribution in [3.05, 3.63) is 0 Å². The lowest BCUT2D eigenvalue weighted by atomic mass is 10.2. The topological polar surface area (TPSA) is 74.8 Å². The largest absolute Gasteiger partial charge is 0.282 e. The molecule has 0 amide bonds. The molecule has 15 heavy (non-hydrogen) atoms. The van der Waals surface area contributed by atoms with Gasteiger partial charge < -0.3 is 0 Å². The second kappa shape index (κ2) is 3.41. The SMILES string of the molecule is CN1CCN(C2CCS(=O)(=O)C2)S1(=O)=O. The summed E-state index contributed by atoms with van der Waals surface area (Å²) in [4.78, 5) is 0. The van der Waals surface area contributed by atoms with Gasteiger partial charge in [-0.3, -0.25) is 0 Å². The molecule has 2 fully saturated rings. The van der Waals surface area contributed by atoms with Crippen LogP contribution in [0.1, 0.15) is 6.42 Å². The van der Waals surface area contributed by atoms with E-state index in [2.05, 4.69) is 0 Å². The fraction of sp³-hybridized carbons (Fsp3) is 1.00. The zero-order valence-electron chi connectivity index (χ0n) is 8.46. The van der Waals surface area contributed by atoms with Gasteiger partial charge in [0.2, 0.25) is 0 Å². The first-order valence-corrected chi connectivity index (χ1v) is 7.98. The molecule has 1 unspecified atom stereocenters. The van der Waals surface area contributed by atoms with Crippen molar-refractivity contribution in [3.63, 3.8) is 0 Å². The number of sulfone groups is 1. The van der Waals surface area contributed by atoms with Gasteiger partial charge in [-0.2, -0.15) is 17.0 Å². The zero-order chi connectivity index (χ0) is 11.3. The van der Waals surface area contributed by atoms with E-state index in [0.29, 0.717) is 19.5 Å². The molecule has 6 nitrogen and oxygen atoms in total. The van der Waals surface area contributed by atoms with Crippen molar-refractivity contribution in [2.24, 2.45) is 0 Å². The number of hydrogen-bond donors (Lipinski definition) is 0. The maximum atomic E-state index is 11.7. The van der Waals surface area contributed by atoms with E-state index in [0.717, 1.165) is 0 Å². The molecular weight excluding hydrogens is 240 g/mol. The summed E-state index contributed by atoms with van der Waals surface area (Å²) in [5.41, 5.74) is 0. The summed E-state index contributed by atoms with van der Waals surface area (Å²) in [5.74, 6) is 0.0769. The van der Waals surface area contributed by atoms with E-state index in [1.807, 2.05) is 0 Å². The van der Waals surface area contributed by atoms with Gasteiger partial charge in [0.25, 0.3) is 10.2 Å². The molecule has 0 radical (unpaired) electrons. The third-order valence-electron chi connectivity index (χ3n) is 2.94. The van der Waals surface area contributed by atoms with Crippen LogP contribution in [0.4, 0.5) is 0 Å². The van der Waals surface area contributed by atoms with Crippen molar-refractivity contribution < 1.29 is 16.8 Å². The highest BCUT2D eigenvalue weighted by molar-refractivity contribution is 7.91. The van der Waals surface area contributed by atoms with E-state index in [1.54, 1.807) is 0 Å². The molecule has 0 N–H and O–H groups in total. The van der Waals surface area contributed by atoms with Crippen LogP contribution in [0.15, 0.2) is 0 Å². The number of nitrogens with zero attached hydrogens (tertiary/aromatic N) is 2. The average molecular weight is 254 g/mol. The lowest BCUT2D eigenvalue weighted by Gasteiger charge is -2.21. The third kappa shape index (κ3) is 1.91. The quantitative estimate of drug-likeness (QED) is 0.581. The van der Waals surface area contributed by atoms with Crippen LogP contribution >= 0.6 is 0 Å². The first kappa shape index (κ1) is 11.3. The average Bonchev–Trinajstić information content (AvgIpc) is 2.56. The molecule has 0 aromatic rings. The predicted molar refractivity (Wildman–Crippen MR) is 55.3 cm³/mol. The molecule has 0 spiro atoms. The monoisotopic (exact) mass is 254 g/mol. The molecule has 0 saturated carbocycles. The maximum Gasteiger partial charge on any atom is 0.282 e. The smallest absolute Gasteiger partial charge is 0.229 e. The Morgan fingerprint density at radius 2 is 1.80 bits per heavy atom. The minimum absolute atomic E-state index is 0.0277. The highest BCUT2D eigenvalue weighted by atomic mass is 32.2. The van der Waals surface area contributed by atoms with Gasteiger partial charge in [-0.25, -0.2) is 8.42 Å². The van der Waals surface area contributed by atoms with Gasteiger partial charge in [0.05, 0.1) is 11.5 Å². The zero-order valence-corrected chi connectivity index (χ0v) is 10.1. The molecule has 8 heteroatoms. The fourth-order valence-electron chi connectivity index (χ4n) is 2.02. The van der Waals surface area contributed by atoms with Crippen LogP contribution in [0.2, 0.25) is 0 Å². The van der Waals surface area contributed by atoms with Gasteiger partial charge in [0.15, 0.2) is 9.84 Å². The summed E-state index contributed by atoms with van der Waals surface area (Å²) in [6, 6.07) is -0.357. The van der Waals surface area contributed by atoms with E-state index >= 15 is 0 Å². The van der Waals surface area contributed by atoms with Crippen LogP contribution in [0.25, 0.3) is 0 Å². The molecule has 0 aliphatic carbocycles. The molecule has 1 atom stereocenters. The van der Waals surface area contributed by atoms with E-state index < -0.39 is 20.0 Å². The molecule has 88 valence electrons. The summed E-state index contributed by atoms with van der Waals surface area (Å²) in [7, 11) is -4.91. The van der Waals surface area contributed by atoms with E-state index in [9.17, 15) is 16.8 Å². The van der Waals surface area contributed by atoms with Gasteiger partial charge >= 0.3 is 0 Å². The Bertz CT molecular complexity index is 455. The summed E-state index contributed by atoms with van der Waals surface area (Å²) in [6.45, 7) is 0.845. The Balaban J connectivity index is 2.21. The molecule has 0 aromatic carbocycles. The molecule has 2 saturated heterocycles. The van der Waals surface area contributed by atoms with Crippen LogP contribution in [0.5, 0.6) is 0 Å². The Labute approximate surface area is 90.0 Å². The Hall–Kier alpha value is -0.180. The summed E-state index contributed by atoms with van der Waals surface area (Å²) in [5, 5.41) is 0. The van der Waals surface area contributed by atoms with Crippen molar-refractivity contribution in [1.29, 1.82) is 0 Å². The molecule has 0 aromatic heterocycles. The van der Waals surface area contributed by atoms with Gasteiger partial charge in [-0.15, -0.1) is 0 Å². The van der Waals surface area contributed by atoms with Gasteiger partial charge in [-0.05, 0) is 6.42 Å². The number of rotatable bonds is 1. The van der Waals surface area contributed by atoms with Crippen molar-refractivity contribution in [1.82, 2.24) is 8.61 Å².